The van der Waals surface area contributed by atoms with Crippen LogP contribution in [0.15, 0.2) is 42.5 Å². The Labute approximate surface area is 178 Å². The molecule has 0 saturated carbocycles. The fourth-order valence-corrected chi connectivity index (χ4v) is 3.62. The zero-order valence-corrected chi connectivity index (χ0v) is 18.2. The van der Waals surface area contributed by atoms with Crippen molar-refractivity contribution in [1.82, 2.24) is 9.80 Å². The first-order chi connectivity index (χ1) is 14.5. The predicted octanol–water partition coefficient (Wildman–Crippen LogP) is 3.38. The lowest BCUT2D eigenvalue weighted by Crippen LogP contribution is -2.47. The van der Waals surface area contributed by atoms with Crippen molar-refractivity contribution in [3.63, 3.8) is 0 Å². The molecule has 0 radical (unpaired) electrons. The van der Waals surface area contributed by atoms with Crippen molar-refractivity contribution < 1.29 is 19.0 Å². The maximum atomic E-state index is 12.6. The molecule has 1 saturated heterocycles. The maximum absolute atomic E-state index is 12.6. The Morgan fingerprint density at radius 2 is 1.63 bits per heavy atom. The number of amides is 1. The minimum absolute atomic E-state index is 0.0252. The number of rotatable bonds is 7. The predicted molar refractivity (Wildman–Crippen MR) is 118 cm³/mol. The summed E-state index contributed by atoms with van der Waals surface area (Å²) in [5, 5.41) is 0. The van der Waals surface area contributed by atoms with Gasteiger partial charge < -0.3 is 19.1 Å². The van der Waals surface area contributed by atoms with E-state index in [1.54, 1.807) is 27.4 Å². The monoisotopic (exact) mass is 410 g/mol. The van der Waals surface area contributed by atoms with Crippen molar-refractivity contribution in [2.75, 3.05) is 47.5 Å². The Morgan fingerprint density at radius 3 is 2.30 bits per heavy atom. The average molecular weight is 411 g/mol. The van der Waals surface area contributed by atoms with Crippen molar-refractivity contribution in [1.29, 1.82) is 0 Å². The second-order valence-electron chi connectivity index (χ2n) is 7.36. The van der Waals surface area contributed by atoms with Crippen LogP contribution in [0.3, 0.4) is 0 Å². The number of aryl methyl sites for hydroxylation is 1. The molecule has 2 aromatic rings. The largest absolute Gasteiger partial charge is 0.497 e. The van der Waals surface area contributed by atoms with E-state index < -0.39 is 0 Å². The molecule has 0 aromatic heterocycles. The topological polar surface area (TPSA) is 51.2 Å². The van der Waals surface area contributed by atoms with Crippen molar-refractivity contribution in [2.45, 2.75) is 13.5 Å². The molecule has 0 aliphatic carbocycles. The first-order valence-electron chi connectivity index (χ1n) is 10.1. The number of benzene rings is 2. The van der Waals surface area contributed by atoms with Crippen LogP contribution in [0.5, 0.6) is 17.2 Å². The summed E-state index contributed by atoms with van der Waals surface area (Å²) in [5.41, 5.74) is 3.13. The molecule has 1 heterocycles. The number of ether oxygens (including phenoxy) is 3. The Kier molecular flexibility index (Phi) is 7.36. The number of piperazine rings is 1. The fourth-order valence-electron chi connectivity index (χ4n) is 3.62. The maximum Gasteiger partial charge on any atom is 0.246 e. The standard InChI is InChI=1S/C24H30N2O4/c1-18-5-8-22(29-3)19(15-18)6-10-24(27)26-13-11-25(12-14-26)17-20-16-21(28-2)7-9-23(20)30-4/h5-10,15-16H,11-14,17H2,1-4H3/b10-6+. The Hall–Kier alpha value is -2.99. The minimum Gasteiger partial charge on any atom is -0.497 e. The summed E-state index contributed by atoms with van der Waals surface area (Å²) in [6.07, 6.45) is 3.47. The van der Waals surface area contributed by atoms with Crippen LogP contribution < -0.4 is 14.2 Å². The lowest BCUT2D eigenvalue weighted by molar-refractivity contribution is -0.127. The van der Waals surface area contributed by atoms with Gasteiger partial charge >= 0.3 is 0 Å². The van der Waals surface area contributed by atoms with E-state index in [1.807, 2.05) is 54.3 Å². The van der Waals surface area contributed by atoms with Gasteiger partial charge in [0.1, 0.15) is 17.2 Å². The van der Waals surface area contributed by atoms with E-state index in [2.05, 4.69) is 4.90 Å². The third-order valence-electron chi connectivity index (χ3n) is 5.36. The van der Waals surface area contributed by atoms with E-state index in [0.29, 0.717) is 13.1 Å². The van der Waals surface area contributed by atoms with E-state index in [9.17, 15) is 4.79 Å². The molecule has 0 unspecified atom stereocenters. The summed E-state index contributed by atoms with van der Waals surface area (Å²) in [7, 11) is 4.98. The number of nitrogens with zero attached hydrogens (tertiary/aromatic N) is 2. The molecule has 6 heteroatoms. The van der Waals surface area contributed by atoms with Gasteiger partial charge in [0.2, 0.25) is 5.91 Å². The van der Waals surface area contributed by atoms with Crippen LogP contribution in [-0.4, -0.2) is 63.2 Å². The zero-order valence-electron chi connectivity index (χ0n) is 18.2. The average Bonchev–Trinajstić information content (AvgIpc) is 2.78. The summed E-state index contributed by atoms with van der Waals surface area (Å²) in [4.78, 5) is 16.9. The smallest absolute Gasteiger partial charge is 0.246 e. The first-order valence-corrected chi connectivity index (χ1v) is 10.1. The quantitative estimate of drug-likeness (QED) is 0.655. The van der Waals surface area contributed by atoms with Crippen molar-refractivity contribution in [2.24, 2.45) is 0 Å². The number of hydrogen-bond donors (Lipinski definition) is 0. The highest BCUT2D eigenvalue weighted by molar-refractivity contribution is 5.92. The number of methoxy groups -OCH3 is 3. The van der Waals surface area contributed by atoms with Gasteiger partial charge in [0, 0.05) is 49.9 Å². The highest BCUT2D eigenvalue weighted by Gasteiger charge is 2.21. The molecular formula is C24H30N2O4. The van der Waals surface area contributed by atoms with Gasteiger partial charge in [-0.25, -0.2) is 0 Å². The normalized spacial score (nSPS) is 14.7. The fraction of sp³-hybridized carbons (Fsp3) is 0.375. The second kappa shape index (κ2) is 10.2. The van der Waals surface area contributed by atoms with Crippen molar-refractivity contribution in [3.8, 4) is 17.2 Å². The van der Waals surface area contributed by atoms with E-state index in [1.165, 1.54) is 0 Å². The Morgan fingerprint density at radius 1 is 0.933 bits per heavy atom. The van der Waals surface area contributed by atoms with E-state index in [0.717, 1.165) is 53.6 Å². The van der Waals surface area contributed by atoms with Gasteiger partial charge in [-0.05, 0) is 43.3 Å². The summed E-state index contributed by atoms with van der Waals surface area (Å²) >= 11 is 0. The van der Waals surface area contributed by atoms with Crippen LogP contribution in [0.4, 0.5) is 0 Å². The third kappa shape index (κ3) is 5.33. The van der Waals surface area contributed by atoms with Crippen LogP contribution >= 0.6 is 0 Å². The molecular weight excluding hydrogens is 380 g/mol. The van der Waals surface area contributed by atoms with Crippen LogP contribution in [0.2, 0.25) is 0 Å². The molecule has 6 nitrogen and oxygen atoms in total. The van der Waals surface area contributed by atoms with E-state index in [4.69, 9.17) is 14.2 Å². The van der Waals surface area contributed by atoms with Crippen LogP contribution in [-0.2, 0) is 11.3 Å². The van der Waals surface area contributed by atoms with Gasteiger partial charge in [0.25, 0.3) is 0 Å². The first kappa shape index (κ1) is 21.7. The van der Waals surface area contributed by atoms with Gasteiger partial charge in [-0.3, -0.25) is 9.69 Å². The van der Waals surface area contributed by atoms with E-state index >= 15 is 0 Å². The lowest BCUT2D eigenvalue weighted by atomic mass is 10.1. The van der Waals surface area contributed by atoms with Crippen molar-refractivity contribution in [3.05, 3.63) is 59.2 Å². The molecule has 1 aliphatic heterocycles. The van der Waals surface area contributed by atoms with Crippen LogP contribution in [0.1, 0.15) is 16.7 Å². The van der Waals surface area contributed by atoms with Crippen LogP contribution in [0.25, 0.3) is 6.08 Å². The molecule has 3 rings (SSSR count). The molecule has 1 fully saturated rings. The van der Waals surface area contributed by atoms with Crippen LogP contribution in [0, 0.1) is 6.92 Å². The lowest BCUT2D eigenvalue weighted by Gasteiger charge is -2.34. The summed E-state index contributed by atoms with van der Waals surface area (Å²) in [6, 6.07) is 11.8. The van der Waals surface area contributed by atoms with Gasteiger partial charge in [-0.1, -0.05) is 11.6 Å². The summed E-state index contributed by atoms with van der Waals surface area (Å²) < 4.78 is 16.2. The molecule has 0 bridgehead atoms. The Balaban J connectivity index is 1.58. The molecule has 0 spiro atoms. The molecule has 160 valence electrons. The molecule has 30 heavy (non-hydrogen) atoms. The Bertz CT molecular complexity index is 902. The molecule has 1 amide bonds. The summed E-state index contributed by atoms with van der Waals surface area (Å²) in [5.74, 6) is 2.46. The van der Waals surface area contributed by atoms with Gasteiger partial charge in [-0.2, -0.15) is 0 Å². The molecule has 1 aliphatic rings. The van der Waals surface area contributed by atoms with Gasteiger partial charge in [-0.15, -0.1) is 0 Å². The minimum atomic E-state index is 0.0252. The highest BCUT2D eigenvalue weighted by Crippen LogP contribution is 2.26. The number of hydrogen-bond acceptors (Lipinski definition) is 5. The van der Waals surface area contributed by atoms with Gasteiger partial charge in [0.15, 0.2) is 0 Å². The number of carbonyl (C=O) groups is 1. The molecule has 2 aromatic carbocycles. The van der Waals surface area contributed by atoms with Crippen molar-refractivity contribution >= 4 is 12.0 Å². The highest BCUT2D eigenvalue weighted by atomic mass is 16.5. The molecule has 0 N–H and O–H groups in total. The van der Waals surface area contributed by atoms with E-state index in [-0.39, 0.29) is 5.91 Å². The van der Waals surface area contributed by atoms with Gasteiger partial charge in [0.05, 0.1) is 21.3 Å². The molecule has 0 atom stereocenters. The third-order valence-corrected chi connectivity index (χ3v) is 5.36. The second-order valence-corrected chi connectivity index (χ2v) is 7.36. The SMILES string of the molecule is COc1ccc(OC)c(CN2CCN(C(=O)/C=C/c3cc(C)ccc3OC)CC2)c1. The summed E-state index contributed by atoms with van der Waals surface area (Å²) in [6.45, 7) is 5.80. The zero-order chi connectivity index (χ0) is 21.5. The number of carbonyl (C=O) groups excluding carboxylic acids is 1.